The number of anilines is 1. The van der Waals surface area contributed by atoms with E-state index in [4.69, 9.17) is 4.74 Å². The van der Waals surface area contributed by atoms with Gasteiger partial charge in [-0.15, -0.1) is 0 Å². The Labute approximate surface area is 190 Å². The number of hydrogen-bond donors (Lipinski definition) is 0. The number of aromatic nitrogens is 2. The zero-order valence-corrected chi connectivity index (χ0v) is 18.9. The van der Waals surface area contributed by atoms with E-state index in [1.54, 1.807) is 0 Å². The predicted molar refractivity (Wildman–Crippen MR) is 124 cm³/mol. The lowest BCUT2D eigenvalue weighted by molar-refractivity contribution is -0.137. The first-order valence-electron chi connectivity index (χ1n) is 12.6. The number of rotatable bonds is 4. The van der Waals surface area contributed by atoms with Crippen molar-refractivity contribution in [1.82, 2.24) is 14.7 Å². The van der Waals surface area contributed by atoms with Crippen LogP contribution in [0.15, 0.2) is 36.7 Å². The number of amides is 1. The van der Waals surface area contributed by atoms with Gasteiger partial charge in [-0.05, 0) is 75.0 Å². The summed E-state index contributed by atoms with van der Waals surface area (Å²) in [7, 11) is 0. The Morgan fingerprint density at radius 1 is 0.969 bits per heavy atom. The molecule has 170 valence electrons. The van der Waals surface area contributed by atoms with Crippen molar-refractivity contribution in [1.29, 1.82) is 0 Å². The minimum Gasteiger partial charge on any atom is -0.371 e. The van der Waals surface area contributed by atoms with E-state index in [1.165, 1.54) is 36.9 Å². The van der Waals surface area contributed by atoms with Crippen LogP contribution in [0.25, 0.3) is 11.1 Å². The van der Waals surface area contributed by atoms with E-state index in [0.29, 0.717) is 11.9 Å². The number of hydrogen-bond acceptors (Lipinski definition) is 4. The van der Waals surface area contributed by atoms with Gasteiger partial charge in [0.1, 0.15) is 6.23 Å². The molecule has 1 saturated carbocycles. The molecule has 3 saturated heterocycles. The molecule has 1 aromatic heterocycles. The molecule has 2 aromatic rings. The highest BCUT2D eigenvalue weighted by atomic mass is 16.5. The standard InChI is InChI=1S/C26H34N4O2/c31-26(29-17-19-4-7-24(29)15-19)21-10-12-28(13-11-21)23-8-5-20(6-9-23)22-16-27-30(18-22)25-3-1-2-14-32-25/h5-6,8-9,16,18-19,21,24-25H,1-4,7,10-15,17H2. The molecule has 4 aliphatic rings. The van der Waals surface area contributed by atoms with E-state index in [-0.39, 0.29) is 12.1 Å². The van der Waals surface area contributed by atoms with Crippen molar-refractivity contribution >= 4 is 11.6 Å². The predicted octanol–water partition coefficient (Wildman–Crippen LogP) is 4.48. The molecule has 1 aliphatic carbocycles. The highest BCUT2D eigenvalue weighted by Gasteiger charge is 2.42. The molecular formula is C26H34N4O2. The van der Waals surface area contributed by atoms with Gasteiger partial charge >= 0.3 is 0 Å². The Morgan fingerprint density at radius 2 is 1.81 bits per heavy atom. The third-order valence-electron chi connectivity index (χ3n) is 8.15. The number of fused-ring (bicyclic) bond motifs is 2. The highest BCUT2D eigenvalue weighted by molar-refractivity contribution is 5.80. The molecule has 0 N–H and O–H groups in total. The molecule has 6 nitrogen and oxygen atoms in total. The first-order valence-corrected chi connectivity index (χ1v) is 12.6. The monoisotopic (exact) mass is 434 g/mol. The van der Waals surface area contributed by atoms with Gasteiger partial charge in [0, 0.05) is 55.6 Å². The molecule has 1 amide bonds. The van der Waals surface area contributed by atoms with E-state index in [2.05, 4.69) is 45.4 Å². The maximum absolute atomic E-state index is 13.0. The average Bonchev–Trinajstić information content (AvgIpc) is 3.62. The van der Waals surface area contributed by atoms with Crippen LogP contribution in [0.1, 0.15) is 57.6 Å². The van der Waals surface area contributed by atoms with Gasteiger partial charge in [-0.1, -0.05) is 12.1 Å². The van der Waals surface area contributed by atoms with Gasteiger partial charge in [0.25, 0.3) is 0 Å². The van der Waals surface area contributed by atoms with Crippen LogP contribution in [0, 0.1) is 11.8 Å². The first-order chi connectivity index (χ1) is 15.7. The summed E-state index contributed by atoms with van der Waals surface area (Å²) >= 11 is 0. The van der Waals surface area contributed by atoms with Gasteiger partial charge < -0.3 is 14.5 Å². The third kappa shape index (κ3) is 3.83. The number of carbonyl (C=O) groups is 1. The van der Waals surface area contributed by atoms with Crippen LogP contribution in [-0.2, 0) is 9.53 Å². The van der Waals surface area contributed by atoms with Crippen molar-refractivity contribution in [2.24, 2.45) is 11.8 Å². The second-order valence-electron chi connectivity index (χ2n) is 10.2. The van der Waals surface area contributed by atoms with Gasteiger partial charge in [0.15, 0.2) is 0 Å². The van der Waals surface area contributed by atoms with E-state index in [1.807, 2.05) is 10.9 Å². The van der Waals surface area contributed by atoms with Gasteiger partial charge in [0.05, 0.1) is 6.20 Å². The van der Waals surface area contributed by atoms with Crippen LogP contribution < -0.4 is 4.90 Å². The summed E-state index contributed by atoms with van der Waals surface area (Å²) in [5, 5.41) is 4.55. The largest absolute Gasteiger partial charge is 0.371 e. The Bertz CT molecular complexity index is 941. The van der Waals surface area contributed by atoms with Crippen molar-refractivity contribution in [2.75, 3.05) is 31.1 Å². The number of carbonyl (C=O) groups excluding carboxylic acids is 1. The molecule has 3 unspecified atom stereocenters. The summed E-state index contributed by atoms with van der Waals surface area (Å²) in [6, 6.07) is 9.36. The summed E-state index contributed by atoms with van der Waals surface area (Å²) < 4.78 is 7.82. The second-order valence-corrected chi connectivity index (χ2v) is 10.2. The summed E-state index contributed by atoms with van der Waals surface area (Å²) in [5.41, 5.74) is 3.57. The van der Waals surface area contributed by atoms with E-state index in [9.17, 15) is 4.79 Å². The highest BCUT2D eigenvalue weighted by Crippen LogP contribution is 2.39. The normalized spacial score (nSPS) is 28.4. The van der Waals surface area contributed by atoms with Crippen LogP contribution in [0.4, 0.5) is 5.69 Å². The molecule has 3 atom stereocenters. The van der Waals surface area contributed by atoms with Gasteiger partial charge in [-0.25, -0.2) is 4.68 Å². The lowest BCUT2D eigenvalue weighted by Crippen LogP contribution is -2.45. The van der Waals surface area contributed by atoms with Crippen molar-refractivity contribution < 1.29 is 9.53 Å². The number of piperidine rings is 2. The van der Waals surface area contributed by atoms with Crippen LogP contribution in [0.5, 0.6) is 0 Å². The SMILES string of the molecule is O=C(C1CCN(c2ccc(-c3cnn(C4CCCCO4)c3)cc2)CC1)N1CC2CCC1C2. The average molecular weight is 435 g/mol. The third-order valence-corrected chi connectivity index (χ3v) is 8.15. The summed E-state index contributed by atoms with van der Waals surface area (Å²) in [6.45, 7) is 3.79. The van der Waals surface area contributed by atoms with Crippen LogP contribution >= 0.6 is 0 Å². The fourth-order valence-corrected chi connectivity index (χ4v) is 6.26. The van der Waals surface area contributed by atoms with Crippen molar-refractivity contribution in [2.45, 2.75) is 63.6 Å². The fourth-order valence-electron chi connectivity index (χ4n) is 6.26. The molecule has 4 heterocycles. The molecule has 32 heavy (non-hydrogen) atoms. The van der Waals surface area contributed by atoms with Crippen molar-refractivity contribution in [3.8, 4) is 11.1 Å². The quantitative estimate of drug-likeness (QED) is 0.712. The van der Waals surface area contributed by atoms with E-state index in [0.717, 1.165) is 63.4 Å². The van der Waals surface area contributed by atoms with Gasteiger partial charge in [0.2, 0.25) is 5.91 Å². The number of benzene rings is 1. The van der Waals surface area contributed by atoms with Crippen molar-refractivity contribution in [3.05, 3.63) is 36.7 Å². The maximum Gasteiger partial charge on any atom is 0.226 e. The molecular weight excluding hydrogens is 400 g/mol. The fraction of sp³-hybridized carbons (Fsp3) is 0.615. The topological polar surface area (TPSA) is 50.6 Å². The van der Waals surface area contributed by atoms with Gasteiger partial charge in [-0.2, -0.15) is 5.10 Å². The zero-order valence-electron chi connectivity index (χ0n) is 18.9. The molecule has 6 rings (SSSR count). The summed E-state index contributed by atoms with van der Waals surface area (Å²) in [6.07, 6.45) is 13.3. The van der Waals surface area contributed by atoms with E-state index >= 15 is 0 Å². The molecule has 0 spiro atoms. The smallest absolute Gasteiger partial charge is 0.226 e. The summed E-state index contributed by atoms with van der Waals surface area (Å²) in [5.74, 6) is 1.44. The Balaban J connectivity index is 1.06. The minimum atomic E-state index is 0.0801. The lowest BCUT2D eigenvalue weighted by Gasteiger charge is -2.36. The number of nitrogens with zero attached hydrogens (tertiary/aromatic N) is 4. The first kappa shape index (κ1) is 20.3. The lowest BCUT2D eigenvalue weighted by atomic mass is 9.94. The minimum absolute atomic E-state index is 0.0801. The summed E-state index contributed by atoms with van der Waals surface area (Å²) in [4.78, 5) is 17.7. The van der Waals surface area contributed by atoms with Crippen molar-refractivity contribution in [3.63, 3.8) is 0 Å². The van der Waals surface area contributed by atoms with Crippen LogP contribution in [0.3, 0.4) is 0 Å². The molecule has 4 fully saturated rings. The Kier molecular flexibility index (Phi) is 5.41. The zero-order chi connectivity index (χ0) is 21.5. The molecule has 3 aliphatic heterocycles. The van der Waals surface area contributed by atoms with Gasteiger partial charge in [-0.3, -0.25) is 4.79 Å². The molecule has 1 aromatic carbocycles. The van der Waals surface area contributed by atoms with Crippen LogP contribution in [-0.4, -0.2) is 52.9 Å². The number of ether oxygens (including phenoxy) is 1. The second kappa shape index (κ2) is 8.54. The molecule has 6 heteroatoms. The maximum atomic E-state index is 13.0. The Morgan fingerprint density at radius 3 is 2.50 bits per heavy atom. The number of likely N-dealkylation sites (tertiary alicyclic amines) is 1. The van der Waals surface area contributed by atoms with Crippen LogP contribution in [0.2, 0.25) is 0 Å². The van der Waals surface area contributed by atoms with E-state index < -0.39 is 0 Å². The molecule has 2 bridgehead atoms. The Hall–Kier alpha value is -2.34. The molecule has 0 radical (unpaired) electrons.